The Bertz CT molecular complexity index is 839. The van der Waals surface area contributed by atoms with Crippen LogP contribution in [0.25, 0.3) is 0 Å². The molecule has 202 valence electrons. The fraction of sp³-hybridized carbons (Fsp3) is 0.885. The molecule has 35 heavy (non-hydrogen) atoms. The van der Waals surface area contributed by atoms with Crippen molar-refractivity contribution in [1.82, 2.24) is 9.78 Å². The Kier molecular flexibility index (Phi) is 9.12. The van der Waals surface area contributed by atoms with Crippen molar-refractivity contribution in [3.05, 3.63) is 11.9 Å². The molecule has 0 saturated carbocycles. The minimum Gasteiger partial charge on any atom is -0.416 e. The Morgan fingerprint density at radius 3 is 2.00 bits per heavy atom. The molecule has 0 spiro atoms. The predicted octanol–water partition coefficient (Wildman–Crippen LogP) is 6.09. The van der Waals surface area contributed by atoms with E-state index in [-0.39, 0.29) is 10.5 Å². The quantitative estimate of drug-likeness (QED) is 0.259. The number of rotatable bonds is 11. The molecular weight excluding hydrogens is 471 g/mol. The average Bonchev–Trinajstić information content (AvgIpc) is 3.12. The zero-order chi connectivity index (χ0) is 27.1. The summed E-state index contributed by atoms with van der Waals surface area (Å²) in [5, 5.41) is 5.15. The first-order chi connectivity index (χ1) is 15.6. The molecule has 1 saturated heterocycles. The van der Waals surface area contributed by atoms with E-state index in [1.807, 2.05) is 4.68 Å². The van der Waals surface area contributed by atoms with Crippen LogP contribution in [0, 0.1) is 5.41 Å². The van der Waals surface area contributed by atoms with Crippen LogP contribution in [0.15, 0.2) is 6.20 Å². The molecule has 0 aliphatic carbocycles. The molecule has 1 aromatic heterocycles. The molecule has 1 fully saturated rings. The van der Waals surface area contributed by atoms with Crippen LogP contribution < -0.4 is 5.46 Å². The number of aromatic nitrogens is 2. The van der Waals surface area contributed by atoms with Gasteiger partial charge in [-0.1, -0.05) is 54.3 Å². The maximum Gasteiger partial charge on any atom is 0.498 e. The molecule has 1 aliphatic rings. The van der Waals surface area contributed by atoms with E-state index >= 15 is 0 Å². The first-order valence-electron chi connectivity index (χ1n) is 13.2. The van der Waals surface area contributed by atoms with Gasteiger partial charge in [0.05, 0.1) is 16.9 Å². The Morgan fingerprint density at radius 2 is 1.51 bits per heavy atom. The van der Waals surface area contributed by atoms with E-state index in [1.54, 1.807) is 0 Å². The highest BCUT2D eigenvalue weighted by Gasteiger charge is 2.53. The van der Waals surface area contributed by atoms with Gasteiger partial charge < -0.3 is 18.5 Å². The van der Waals surface area contributed by atoms with E-state index < -0.39 is 34.7 Å². The molecule has 2 rings (SSSR count). The second-order valence-corrected chi connectivity index (χ2v) is 25.3. The highest BCUT2D eigenvalue weighted by atomic mass is 28.4. The van der Waals surface area contributed by atoms with Gasteiger partial charge in [-0.3, -0.25) is 0 Å². The smallest absolute Gasteiger partial charge is 0.416 e. The van der Waals surface area contributed by atoms with Crippen molar-refractivity contribution in [1.29, 1.82) is 0 Å². The van der Waals surface area contributed by atoms with E-state index in [0.717, 1.165) is 30.2 Å². The van der Waals surface area contributed by atoms with Gasteiger partial charge in [0, 0.05) is 32.9 Å². The molecule has 6 nitrogen and oxygen atoms in total. The third-order valence-corrected chi connectivity index (χ3v) is 14.1. The molecule has 0 amide bonds. The van der Waals surface area contributed by atoms with Crippen molar-refractivity contribution < 1.29 is 18.5 Å². The highest BCUT2D eigenvalue weighted by Crippen LogP contribution is 2.39. The number of nitrogens with zero attached hydrogens (tertiary/aromatic N) is 2. The second kappa shape index (κ2) is 10.4. The topological polar surface area (TPSA) is 54.7 Å². The van der Waals surface area contributed by atoms with Crippen LogP contribution in [0.5, 0.6) is 0 Å². The third-order valence-electron chi connectivity index (χ3n) is 7.87. The third kappa shape index (κ3) is 8.27. The van der Waals surface area contributed by atoms with E-state index in [0.29, 0.717) is 13.3 Å². The van der Waals surface area contributed by atoms with Gasteiger partial charge in [0.1, 0.15) is 6.73 Å². The maximum absolute atomic E-state index is 6.60. The van der Waals surface area contributed by atoms with Crippen molar-refractivity contribution in [3.63, 3.8) is 0 Å². The molecule has 0 aromatic carbocycles. The number of hydrogen-bond acceptors (Lipinski definition) is 5. The lowest BCUT2D eigenvalue weighted by molar-refractivity contribution is 0.00578. The summed E-state index contributed by atoms with van der Waals surface area (Å²) in [7, 11) is -3.40. The first kappa shape index (κ1) is 30.8. The Hall–Kier alpha value is -0.451. The van der Waals surface area contributed by atoms with Gasteiger partial charge in [0.25, 0.3) is 0 Å². The zero-order valence-corrected chi connectivity index (χ0v) is 27.2. The van der Waals surface area contributed by atoms with Gasteiger partial charge in [-0.05, 0) is 63.7 Å². The van der Waals surface area contributed by atoms with Gasteiger partial charge in [-0.25, -0.2) is 4.68 Å². The van der Waals surface area contributed by atoms with Crippen LogP contribution >= 0.6 is 0 Å². The summed E-state index contributed by atoms with van der Waals surface area (Å²) in [6.45, 7) is 33.4. The lowest BCUT2D eigenvalue weighted by atomic mass is 9.76. The molecule has 2 heterocycles. The van der Waals surface area contributed by atoms with E-state index in [4.69, 9.17) is 23.6 Å². The zero-order valence-electron chi connectivity index (χ0n) is 25.2. The monoisotopic (exact) mass is 524 g/mol. The van der Waals surface area contributed by atoms with E-state index in [1.165, 1.54) is 0 Å². The summed E-state index contributed by atoms with van der Waals surface area (Å²) in [5.41, 5.74) is 1.13. The van der Waals surface area contributed by atoms with Crippen LogP contribution in [-0.4, -0.2) is 57.7 Å². The van der Waals surface area contributed by atoms with Crippen molar-refractivity contribution in [2.45, 2.75) is 130 Å². The molecule has 0 unspecified atom stereocenters. The minimum atomic E-state index is -1.83. The standard InChI is InChI=1S/C26H53BN2O4Si2/c1-23(2,3)35(13,14)31-19-24(4,5)17-22-21(27-32-25(6,7)26(8,9)33-27)18-29(28-22)20-30-15-16-34(10,11)12/h18H,15-17,19-20H2,1-14H3. The summed E-state index contributed by atoms with van der Waals surface area (Å²) in [5.74, 6) is 0. The summed E-state index contributed by atoms with van der Waals surface area (Å²) in [6.07, 6.45) is 2.83. The SMILES string of the molecule is CC(C)(CO[Si](C)(C)C(C)(C)C)Cc1nn(COCC[Si](C)(C)C)cc1B1OC(C)(C)C(C)(C)O1. The summed E-state index contributed by atoms with van der Waals surface area (Å²) < 4.78 is 27.3. The minimum absolute atomic E-state index is 0.0776. The molecule has 0 bridgehead atoms. The van der Waals surface area contributed by atoms with Crippen molar-refractivity contribution in [2.75, 3.05) is 13.2 Å². The van der Waals surface area contributed by atoms with E-state index in [9.17, 15) is 0 Å². The number of hydrogen-bond donors (Lipinski definition) is 0. The molecule has 0 radical (unpaired) electrons. The molecule has 0 N–H and O–H groups in total. The fourth-order valence-electron chi connectivity index (χ4n) is 3.48. The first-order valence-corrected chi connectivity index (χ1v) is 19.8. The van der Waals surface area contributed by atoms with E-state index in [2.05, 4.69) is 101 Å². The maximum atomic E-state index is 6.60. The van der Waals surface area contributed by atoms with Gasteiger partial charge in [-0.2, -0.15) is 5.10 Å². The summed E-state index contributed by atoms with van der Waals surface area (Å²) >= 11 is 0. The van der Waals surface area contributed by atoms with Crippen LogP contribution in [0.3, 0.4) is 0 Å². The highest BCUT2D eigenvalue weighted by molar-refractivity contribution is 6.76. The summed E-state index contributed by atoms with van der Waals surface area (Å²) in [4.78, 5) is 0. The Morgan fingerprint density at radius 1 is 0.971 bits per heavy atom. The largest absolute Gasteiger partial charge is 0.498 e. The van der Waals surface area contributed by atoms with Gasteiger partial charge in [0.2, 0.25) is 0 Å². The molecule has 1 aromatic rings. The van der Waals surface area contributed by atoms with Crippen molar-refractivity contribution in [3.8, 4) is 0 Å². The lowest BCUT2D eigenvalue weighted by Gasteiger charge is -2.39. The Labute approximate surface area is 218 Å². The molecule has 1 aliphatic heterocycles. The average molecular weight is 525 g/mol. The summed E-state index contributed by atoms with van der Waals surface area (Å²) in [6, 6.07) is 1.14. The van der Waals surface area contributed by atoms with Gasteiger partial charge in [-0.15, -0.1) is 0 Å². The van der Waals surface area contributed by atoms with Gasteiger partial charge >= 0.3 is 7.12 Å². The van der Waals surface area contributed by atoms with Crippen LogP contribution in [0.2, 0.25) is 43.8 Å². The normalized spacial score (nSPS) is 19.0. The van der Waals surface area contributed by atoms with Crippen molar-refractivity contribution >= 4 is 29.0 Å². The Balaban J connectivity index is 2.23. The number of ether oxygens (including phenoxy) is 1. The predicted molar refractivity (Wildman–Crippen MR) is 153 cm³/mol. The lowest BCUT2D eigenvalue weighted by Crippen LogP contribution is -2.44. The van der Waals surface area contributed by atoms with Crippen LogP contribution in [0.1, 0.15) is 68.0 Å². The fourth-order valence-corrected chi connectivity index (χ4v) is 5.42. The molecular formula is C26H53BN2O4Si2. The molecule has 0 atom stereocenters. The second-order valence-electron chi connectivity index (χ2n) is 14.9. The van der Waals surface area contributed by atoms with Crippen LogP contribution in [0.4, 0.5) is 0 Å². The van der Waals surface area contributed by atoms with Crippen LogP contribution in [-0.2, 0) is 31.6 Å². The van der Waals surface area contributed by atoms with Gasteiger partial charge in [0.15, 0.2) is 8.32 Å². The molecule has 9 heteroatoms. The van der Waals surface area contributed by atoms with Crippen molar-refractivity contribution in [2.24, 2.45) is 5.41 Å².